The number of hydrogen-bond acceptors (Lipinski definition) is 1. The SMILES string of the molecule is Cc1ccc2[nH]c(C(=O)Nc3ccccc3Br)cc2c1. The maximum atomic E-state index is 12.3. The molecule has 0 fully saturated rings. The van der Waals surface area contributed by atoms with Gasteiger partial charge < -0.3 is 10.3 Å². The molecule has 0 unspecified atom stereocenters. The molecule has 0 aliphatic heterocycles. The highest BCUT2D eigenvalue weighted by Gasteiger charge is 2.11. The van der Waals surface area contributed by atoms with E-state index >= 15 is 0 Å². The molecule has 0 bridgehead atoms. The number of hydrogen-bond donors (Lipinski definition) is 2. The zero-order chi connectivity index (χ0) is 14.1. The summed E-state index contributed by atoms with van der Waals surface area (Å²) in [4.78, 5) is 15.4. The lowest BCUT2D eigenvalue weighted by Crippen LogP contribution is -2.12. The zero-order valence-electron chi connectivity index (χ0n) is 10.9. The van der Waals surface area contributed by atoms with E-state index in [1.807, 2.05) is 49.4 Å². The average molecular weight is 329 g/mol. The highest BCUT2D eigenvalue weighted by molar-refractivity contribution is 9.10. The van der Waals surface area contributed by atoms with Crippen LogP contribution >= 0.6 is 15.9 Å². The van der Waals surface area contributed by atoms with Crippen LogP contribution in [0.1, 0.15) is 16.1 Å². The minimum Gasteiger partial charge on any atom is -0.351 e. The number of aromatic nitrogens is 1. The number of para-hydroxylation sites is 1. The van der Waals surface area contributed by atoms with Gasteiger partial charge >= 0.3 is 0 Å². The monoisotopic (exact) mass is 328 g/mol. The Morgan fingerprint density at radius 2 is 1.95 bits per heavy atom. The second kappa shape index (κ2) is 5.13. The Bertz CT molecular complexity index is 792. The van der Waals surface area contributed by atoms with Crippen molar-refractivity contribution < 1.29 is 4.79 Å². The molecule has 0 aliphatic rings. The smallest absolute Gasteiger partial charge is 0.272 e. The van der Waals surface area contributed by atoms with Crippen molar-refractivity contribution in [3.05, 3.63) is 64.3 Å². The molecule has 2 aromatic carbocycles. The first-order valence-electron chi connectivity index (χ1n) is 6.29. The molecule has 3 aromatic rings. The molecule has 1 aromatic heterocycles. The molecular formula is C16H13BrN2O. The molecular weight excluding hydrogens is 316 g/mol. The van der Waals surface area contributed by atoms with Crippen LogP contribution in [0.25, 0.3) is 10.9 Å². The van der Waals surface area contributed by atoms with Crippen molar-refractivity contribution in [1.29, 1.82) is 0 Å². The fourth-order valence-corrected chi connectivity index (χ4v) is 2.51. The molecule has 0 spiro atoms. The normalized spacial score (nSPS) is 10.7. The van der Waals surface area contributed by atoms with Crippen LogP contribution in [0.5, 0.6) is 0 Å². The summed E-state index contributed by atoms with van der Waals surface area (Å²) in [5.74, 6) is -0.147. The van der Waals surface area contributed by atoms with Crippen molar-refractivity contribution in [2.75, 3.05) is 5.32 Å². The number of carbonyl (C=O) groups excluding carboxylic acids is 1. The van der Waals surface area contributed by atoms with Gasteiger partial charge in [0.1, 0.15) is 5.69 Å². The quantitative estimate of drug-likeness (QED) is 0.715. The van der Waals surface area contributed by atoms with Crippen LogP contribution in [0.15, 0.2) is 53.0 Å². The summed E-state index contributed by atoms with van der Waals surface area (Å²) in [6.45, 7) is 2.03. The van der Waals surface area contributed by atoms with E-state index in [-0.39, 0.29) is 5.91 Å². The number of aromatic amines is 1. The second-order valence-electron chi connectivity index (χ2n) is 4.71. The molecule has 3 nitrogen and oxygen atoms in total. The number of anilines is 1. The lowest BCUT2D eigenvalue weighted by Gasteiger charge is -2.05. The van der Waals surface area contributed by atoms with Crippen LogP contribution in [0.4, 0.5) is 5.69 Å². The van der Waals surface area contributed by atoms with Crippen LogP contribution in [0.2, 0.25) is 0 Å². The van der Waals surface area contributed by atoms with Crippen LogP contribution in [-0.4, -0.2) is 10.9 Å². The van der Waals surface area contributed by atoms with Crippen molar-refractivity contribution in [1.82, 2.24) is 4.98 Å². The van der Waals surface area contributed by atoms with E-state index in [0.717, 1.165) is 21.1 Å². The molecule has 0 saturated carbocycles. The lowest BCUT2D eigenvalue weighted by molar-refractivity contribution is 0.102. The van der Waals surface area contributed by atoms with E-state index in [1.165, 1.54) is 5.56 Å². The summed E-state index contributed by atoms with van der Waals surface area (Å²) >= 11 is 3.42. The van der Waals surface area contributed by atoms with E-state index in [1.54, 1.807) is 0 Å². The number of nitrogens with one attached hydrogen (secondary N) is 2. The number of amides is 1. The number of benzene rings is 2. The third kappa shape index (κ3) is 2.47. The van der Waals surface area contributed by atoms with Crippen LogP contribution in [0.3, 0.4) is 0 Å². The van der Waals surface area contributed by atoms with Crippen molar-refractivity contribution in [3.8, 4) is 0 Å². The second-order valence-corrected chi connectivity index (χ2v) is 5.56. The number of H-pyrrole nitrogens is 1. The Balaban J connectivity index is 1.91. The van der Waals surface area contributed by atoms with Gasteiger partial charge in [0, 0.05) is 15.4 Å². The summed E-state index contributed by atoms with van der Waals surface area (Å²) in [6, 6.07) is 15.5. The van der Waals surface area contributed by atoms with Gasteiger partial charge in [-0.2, -0.15) is 0 Å². The molecule has 100 valence electrons. The molecule has 1 heterocycles. The first-order valence-corrected chi connectivity index (χ1v) is 7.08. The van der Waals surface area contributed by atoms with Gasteiger partial charge in [-0.3, -0.25) is 4.79 Å². The first kappa shape index (κ1) is 12.9. The van der Waals surface area contributed by atoms with Gasteiger partial charge in [0.15, 0.2) is 0 Å². The van der Waals surface area contributed by atoms with E-state index < -0.39 is 0 Å². The summed E-state index contributed by atoms with van der Waals surface area (Å²) in [6.07, 6.45) is 0. The Morgan fingerprint density at radius 3 is 2.75 bits per heavy atom. The van der Waals surface area contributed by atoms with E-state index in [9.17, 15) is 4.79 Å². The summed E-state index contributed by atoms with van der Waals surface area (Å²) < 4.78 is 0.861. The topological polar surface area (TPSA) is 44.9 Å². The average Bonchev–Trinajstić information content (AvgIpc) is 2.84. The largest absolute Gasteiger partial charge is 0.351 e. The standard InChI is InChI=1S/C16H13BrN2O/c1-10-6-7-13-11(8-10)9-15(18-13)16(20)19-14-5-3-2-4-12(14)17/h2-9,18H,1H3,(H,19,20). The van der Waals surface area contributed by atoms with E-state index in [2.05, 4.69) is 32.3 Å². The third-order valence-electron chi connectivity index (χ3n) is 3.14. The fourth-order valence-electron chi connectivity index (χ4n) is 2.13. The van der Waals surface area contributed by atoms with Crippen LogP contribution in [-0.2, 0) is 0 Å². The minimum absolute atomic E-state index is 0.147. The van der Waals surface area contributed by atoms with Gasteiger partial charge in [-0.05, 0) is 53.2 Å². The van der Waals surface area contributed by atoms with Crippen molar-refractivity contribution in [3.63, 3.8) is 0 Å². The van der Waals surface area contributed by atoms with Crippen LogP contribution in [0, 0.1) is 6.92 Å². The highest BCUT2D eigenvalue weighted by Crippen LogP contribution is 2.23. The summed E-state index contributed by atoms with van der Waals surface area (Å²) in [5, 5.41) is 3.93. The molecule has 1 amide bonds. The molecule has 0 atom stereocenters. The summed E-state index contributed by atoms with van der Waals surface area (Å²) in [7, 11) is 0. The van der Waals surface area contributed by atoms with Crippen molar-refractivity contribution in [2.45, 2.75) is 6.92 Å². The molecule has 3 rings (SSSR count). The summed E-state index contributed by atoms with van der Waals surface area (Å²) in [5.41, 5.74) is 3.45. The maximum Gasteiger partial charge on any atom is 0.272 e. The van der Waals surface area contributed by atoms with E-state index in [0.29, 0.717) is 5.69 Å². The van der Waals surface area contributed by atoms with Gasteiger partial charge in [-0.15, -0.1) is 0 Å². The molecule has 0 radical (unpaired) electrons. The Hall–Kier alpha value is -2.07. The van der Waals surface area contributed by atoms with Gasteiger partial charge in [0.25, 0.3) is 5.91 Å². The predicted octanol–water partition coefficient (Wildman–Crippen LogP) is 4.49. The molecule has 0 saturated heterocycles. The van der Waals surface area contributed by atoms with Crippen LogP contribution < -0.4 is 5.32 Å². The lowest BCUT2D eigenvalue weighted by atomic mass is 10.2. The van der Waals surface area contributed by atoms with Gasteiger partial charge in [0.2, 0.25) is 0 Å². The molecule has 0 aliphatic carbocycles. The van der Waals surface area contributed by atoms with Gasteiger partial charge in [-0.25, -0.2) is 0 Å². The highest BCUT2D eigenvalue weighted by atomic mass is 79.9. The van der Waals surface area contributed by atoms with Gasteiger partial charge in [0.05, 0.1) is 5.69 Å². The number of aryl methyl sites for hydroxylation is 1. The molecule has 4 heteroatoms. The number of halogens is 1. The minimum atomic E-state index is -0.147. The molecule has 2 N–H and O–H groups in total. The Labute approximate surface area is 125 Å². The van der Waals surface area contributed by atoms with Gasteiger partial charge in [-0.1, -0.05) is 23.8 Å². The van der Waals surface area contributed by atoms with Crippen molar-refractivity contribution in [2.24, 2.45) is 0 Å². The predicted molar refractivity (Wildman–Crippen MR) is 85.1 cm³/mol. The third-order valence-corrected chi connectivity index (χ3v) is 3.83. The number of fused-ring (bicyclic) bond motifs is 1. The molecule has 20 heavy (non-hydrogen) atoms. The maximum absolute atomic E-state index is 12.3. The Kier molecular flexibility index (Phi) is 3.32. The van der Waals surface area contributed by atoms with Crippen molar-refractivity contribution >= 4 is 38.4 Å². The zero-order valence-corrected chi connectivity index (χ0v) is 12.5. The van der Waals surface area contributed by atoms with E-state index in [4.69, 9.17) is 0 Å². The first-order chi connectivity index (χ1) is 9.63. The Morgan fingerprint density at radius 1 is 1.15 bits per heavy atom. The number of rotatable bonds is 2. The fraction of sp³-hybridized carbons (Fsp3) is 0.0625. The number of carbonyl (C=O) groups is 1.